The number of methoxy groups -OCH3 is 2. The topological polar surface area (TPSA) is 123 Å². The van der Waals surface area contributed by atoms with E-state index in [0.29, 0.717) is 17.1 Å². The summed E-state index contributed by atoms with van der Waals surface area (Å²) in [6.07, 6.45) is 1.47. The average molecular weight is 436 g/mol. The van der Waals surface area contributed by atoms with Gasteiger partial charge in [0, 0.05) is 25.2 Å². The number of hydrogen-bond donors (Lipinski definition) is 1. The van der Waals surface area contributed by atoms with Crippen LogP contribution >= 0.6 is 0 Å². The van der Waals surface area contributed by atoms with Crippen molar-refractivity contribution in [3.05, 3.63) is 52.1 Å². The molecule has 0 fully saturated rings. The van der Waals surface area contributed by atoms with Crippen molar-refractivity contribution in [2.24, 2.45) is 5.10 Å². The lowest BCUT2D eigenvalue weighted by Crippen LogP contribution is -2.31. The van der Waals surface area contributed by atoms with E-state index in [1.807, 2.05) is 0 Å². The van der Waals surface area contributed by atoms with Gasteiger partial charge in [-0.1, -0.05) is 13.8 Å². The van der Waals surface area contributed by atoms with Gasteiger partial charge in [-0.25, -0.2) is 8.42 Å². The fourth-order valence-corrected chi connectivity index (χ4v) is 4.36. The van der Waals surface area contributed by atoms with Gasteiger partial charge in [-0.3, -0.25) is 15.5 Å². The molecular weight excluding hydrogens is 412 g/mol. The summed E-state index contributed by atoms with van der Waals surface area (Å²) < 4.78 is 37.6. The number of hydrazone groups is 1. The second kappa shape index (κ2) is 10.0. The third-order valence-electron chi connectivity index (χ3n) is 4.31. The standard InChI is InChI=1S/C19H24N4O6S/c1-5-22(6-2)30(26,27)19-12-15(23(24)25)8-9-16(19)21-20-13-14-7-10-17(28-3)18(11-14)29-4/h7-13,21H,5-6H2,1-4H3/b20-13+. The molecule has 0 radical (unpaired) electrons. The van der Waals surface area contributed by atoms with E-state index in [1.165, 1.54) is 36.9 Å². The third-order valence-corrected chi connectivity index (χ3v) is 6.40. The minimum Gasteiger partial charge on any atom is -0.493 e. The number of nitrogens with zero attached hydrogens (tertiary/aromatic N) is 3. The number of hydrogen-bond acceptors (Lipinski definition) is 8. The molecule has 1 N–H and O–H groups in total. The Bertz CT molecular complexity index is 1040. The van der Waals surface area contributed by atoms with Crippen molar-refractivity contribution >= 4 is 27.6 Å². The molecule has 0 bridgehead atoms. The van der Waals surface area contributed by atoms with Crippen molar-refractivity contribution in [3.8, 4) is 11.5 Å². The van der Waals surface area contributed by atoms with Gasteiger partial charge in [0.1, 0.15) is 4.90 Å². The van der Waals surface area contributed by atoms with Crippen LogP contribution in [0.2, 0.25) is 0 Å². The van der Waals surface area contributed by atoms with E-state index in [-0.39, 0.29) is 29.4 Å². The SMILES string of the molecule is CCN(CC)S(=O)(=O)c1cc([N+](=O)[O-])ccc1N/N=C/c1ccc(OC)c(OC)c1. The first kappa shape index (κ1) is 23.1. The molecule has 0 spiro atoms. The number of nitro benzene ring substituents is 1. The highest BCUT2D eigenvalue weighted by molar-refractivity contribution is 7.89. The summed E-state index contributed by atoms with van der Waals surface area (Å²) in [4.78, 5) is 10.3. The molecule has 0 amide bonds. The third kappa shape index (κ3) is 5.05. The van der Waals surface area contributed by atoms with Crippen molar-refractivity contribution in [1.82, 2.24) is 4.31 Å². The normalized spacial score (nSPS) is 11.6. The van der Waals surface area contributed by atoms with Crippen molar-refractivity contribution in [2.45, 2.75) is 18.7 Å². The maximum Gasteiger partial charge on any atom is 0.270 e. The highest BCUT2D eigenvalue weighted by atomic mass is 32.2. The Labute approximate surface area is 175 Å². The molecule has 0 heterocycles. The maximum absolute atomic E-state index is 13.0. The van der Waals surface area contributed by atoms with Gasteiger partial charge in [0.15, 0.2) is 11.5 Å². The predicted octanol–water partition coefficient (Wildman–Crippen LogP) is 3.09. The first-order chi connectivity index (χ1) is 14.3. The summed E-state index contributed by atoms with van der Waals surface area (Å²) >= 11 is 0. The first-order valence-corrected chi connectivity index (χ1v) is 10.5. The highest BCUT2D eigenvalue weighted by Crippen LogP contribution is 2.29. The Morgan fingerprint density at radius 2 is 1.77 bits per heavy atom. The Morgan fingerprint density at radius 1 is 1.10 bits per heavy atom. The number of non-ortho nitro benzene ring substituents is 1. The molecule has 10 nitrogen and oxygen atoms in total. The summed E-state index contributed by atoms with van der Waals surface area (Å²) in [5.74, 6) is 1.08. The molecule has 0 saturated heterocycles. The Morgan fingerprint density at radius 3 is 2.33 bits per heavy atom. The maximum atomic E-state index is 13.0. The fourth-order valence-electron chi connectivity index (χ4n) is 2.74. The minimum atomic E-state index is -3.95. The number of nitro groups is 1. The molecule has 2 rings (SSSR count). The van der Waals surface area contributed by atoms with E-state index < -0.39 is 14.9 Å². The molecule has 30 heavy (non-hydrogen) atoms. The van der Waals surface area contributed by atoms with Crippen LogP contribution in [0.3, 0.4) is 0 Å². The highest BCUT2D eigenvalue weighted by Gasteiger charge is 2.27. The number of nitrogens with one attached hydrogen (secondary N) is 1. The van der Waals surface area contributed by atoms with E-state index in [2.05, 4.69) is 10.5 Å². The largest absolute Gasteiger partial charge is 0.493 e. The molecule has 0 saturated carbocycles. The van der Waals surface area contributed by atoms with Crippen LogP contribution in [0, 0.1) is 10.1 Å². The van der Waals surface area contributed by atoms with Gasteiger partial charge in [-0.15, -0.1) is 0 Å². The second-order valence-electron chi connectivity index (χ2n) is 6.01. The van der Waals surface area contributed by atoms with E-state index >= 15 is 0 Å². The number of sulfonamides is 1. The Hall–Kier alpha value is -3.18. The van der Waals surface area contributed by atoms with Crippen LogP contribution in [-0.4, -0.2) is 51.2 Å². The number of ether oxygens (including phenoxy) is 2. The summed E-state index contributed by atoms with van der Waals surface area (Å²) in [5, 5.41) is 15.2. The zero-order valence-electron chi connectivity index (χ0n) is 17.2. The first-order valence-electron chi connectivity index (χ1n) is 9.08. The van der Waals surface area contributed by atoms with Crippen LogP contribution in [0.15, 0.2) is 46.4 Å². The summed E-state index contributed by atoms with van der Waals surface area (Å²) in [7, 11) is -0.907. The van der Waals surface area contributed by atoms with E-state index in [0.717, 1.165) is 6.07 Å². The molecule has 2 aromatic carbocycles. The van der Waals surface area contributed by atoms with Gasteiger partial charge in [0.25, 0.3) is 5.69 Å². The van der Waals surface area contributed by atoms with Crippen molar-refractivity contribution in [1.29, 1.82) is 0 Å². The molecule has 2 aromatic rings. The van der Waals surface area contributed by atoms with Gasteiger partial charge < -0.3 is 9.47 Å². The molecule has 0 aliphatic rings. The van der Waals surface area contributed by atoms with E-state index in [9.17, 15) is 18.5 Å². The second-order valence-corrected chi connectivity index (χ2v) is 7.92. The fraction of sp³-hybridized carbons (Fsp3) is 0.316. The van der Waals surface area contributed by atoms with Crippen LogP contribution in [0.1, 0.15) is 19.4 Å². The molecule has 0 aliphatic heterocycles. The van der Waals surface area contributed by atoms with Crippen molar-refractivity contribution in [3.63, 3.8) is 0 Å². The Balaban J connectivity index is 2.40. The minimum absolute atomic E-state index is 0.129. The van der Waals surface area contributed by atoms with E-state index in [1.54, 1.807) is 32.0 Å². The smallest absolute Gasteiger partial charge is 0.270 e. The quantitative estimate of drug-likeness (QED) is 0.345. The lowest BCUT2D eigenvalue weighted by Gasteiger charge is -2.20. The van der Waals surface area contributed by atoms with Crippen molar-refractivity contribution in [2.75, 3.05) is 32.7 Å². The van der Waals surface area contributed by atoms with Crippen molar-refractivity contribution < 1.29 is 22.8 Å². The van der Waals surface area contributed by atoms with Crippen LogP contribution in [-0.2, 0) is 10.0 Å². The van der Waals surface area contributed by atoms with Crippen LogP contribution in [0.5, 0.6) is 11.5 Å². The zero-order valence-corrected chi connectivity index (χ0v) is 18.0. The predicted molar refractivity (Wildman–Crippen MR) is 114 cm³/mol. The molecule has 0 aliphatic carbocycles. The van der Waals surface area contributed by atoms with E-state index in [4.69, 9.17) is 9.47 Å². The van der Waals surface area contributed by atoms with Crippen LogP contribution < -0.4 is 14.9 Å². The monoisotopic (exact) mass is 436 g/mol. The molecular formula is C19H24N4O6S. The molecule has 0 aromatic heterocycles. The average Bonchev–Trinajstić information content (AvgIpc) is 2.74. The molecule has 0 unspecified atom stereocenters. The van der Waals surface area contributed by atoms with Gasteiger partial charge >= 0.3 is 0 Å². The Kier molecular flexibility index (Phi) is 7.72. The van der Waals surface area contributed by atoms with Crippen LogP contribution in [0.4, 0.5) is 11.4 Å². The summed E-state index contributed by atoms with van der Waals surface area (Å²) in [6.45, 7) is 3.85. The molecule has 162 valence electrons. The summed E-state index contributed by atoms with van der Waals surface area (Å²) in [5.41, 5.74) is 3.15. The number of anilines is 1. The lowest BCUT2D eigenvalue weighted by molar-refractivity contribution is -0.385. The number of rotatable bonds is 10. The molecule has 0 atom stereocenters. The lowest BCUT2D eigenvalue weighted by atomic mass is 10.2. The molecule has 11 heteroatoms. The van der Waals surface area contributed by atoms with Gasteiger partial charge in [0.05, 0.1) is 31.0 Å². The van der Waals surface area contributed by atoms with Crippen LogP contribution in [0.25, 0.3) is 0 Å². The number of benzene rings is 2. The zero-order chi connectivity index (χ0) is 22.3. The van der Waals surface area contributed by atoms with Gasteiger partial charge in [-0.2, -0.15) is 9.41 Å². The van der Waals surface area contributed by atoms with Gasteiger partial charge in [0.2, 0.25) is 10.0 Å². The summed E-state index contributed by atoms with van der Waals surface area (Å²) in [6, 6.07) is 8.73. The van der Waals surface area contributed by atoms with Gasteiger partial charge in [-0.05, 0) is 29.8 Å².